The lowest BCUT2D eigenvalue weighted by Crippen LogP contribution is -2.39. The fourth-order valence-corrected chi connectivity index (χ4v) is 3.29. The van der Waals surface area contributed by atoms with Crippen molar-refractivity contribution in [1.82, 2.24) is 0 Å². The standard InChI is InChI=1S/C25H31N2O6/c1-17(2)25(33-26)22-13-23(31-15-18-5-9-20(29-3)10-6-18)24(14-27(22)28)32-16-19-7-11-21(30-4)12-8-19/h5-14,17,25,28H,15-16,26H2,1-4H3/q+1. The van der Waals surface area contributed by atoms with Gasteiger partial charge >= 0.3 is 0 Å². The van der Waals surface area contributed by atoms with E-state index in [9.17, 15) is 5.21 Å². The van der Waals surface area contributed by atoms with Crippen molar-refractivity contribution >= 4 is 0 Å². The largest absolute Gasteiger partial charge is 0.497 e. The van der Waals surface area contributed by atoms with Gasteiger partial charge in [-0.15, -0.1) is 0 Å². The molecule has 3 aromatic rings. The molecule has 0 saturated heterocycles. The SMILES string of the molecule is COc1ccc(COc2cc(C(ON)C(C)C)[n+](O)cc2OCc2ccc(OC)cc2)cc1. The minimum atomic E-state index is -0.533. The Labute approximate surface area is 194 Å². The highest BCUT2D eigenvalue weighted by Crippen LogP contribution is 2.32. The van der Waals surface area contributed by atoms with Gasteiger partial charge in [-0.3, -0.25) is 10.0 Å². The van der Waals surface area contributed by atoms with Crippen molar-refractivity contribution in [3.63, 3.8) is 0 Å². The molecular weight excluding hydrogens is 424 g/mol. The van der Waals surface area contributed by atoms with Gasteiger partial charge in [-0.05, 0) is 41.3 Å². The highest BCUT2D eigenvalue weighted by atomic mass is 16.6. The van der Waals surface area contributed by atoms with E-state index in [1.165, 1.54) is 6.20 Å². The van der Waals surface area contributed by atoms with Gasteiger partial charge in [0.05, 0.1) is 20.3 Å². The summed E-state index contributed by atoms with van der Waals surface area (Å²) in [5, 5.41) is 10.6. The average molecular weight is 456 g/mol. The van der Waals surface area contributed by atoms with Gasteiger partial charge in [-0.25, -0.2) is 5.90 Å². The Bertz CT molecular complexity index is 1020. The number of rotatable bonds is 11. The molecule has 0 bridgehead atoms. The molecule has 176 valence electrons. The first-order valence-electron chi connectivity index (χ1n) is 10.6. The van der Waals surface area contributed by atoms with Gasteiger partial charge < -0.3 is 18.9 Å². The predicted octanol–water partition coefficient (Wildman–Crippen LogP) is 3.97. The van der Waals surface area contributed by atoms with Crippen LogP contribution in [-0.4, -0.2) is 19.4 Å². The third-order valence-corrected chi connectivity index (χ3v) is 5.18. The molecule has 3 rings (SSSR count). The number of nitrogens with zero attached hydrogens (tertiary/aromatic N) is 1. The van der Waals surface area contributed by atoms with Crippen LogP contribution in [0.5, 0.6) is 23.0 Å². The van der Waals surface area contributed by atoms with Crippen LogP contribution in [0.4, 0.5) is 0 Å². The number of hydrogen-bond donors (Lipinski definition) is 2. The number of benzene rings is 2. The smallest absolute Gasteiger partial charge is 0.269 e. The third kappa shape index (κ3) is 6.27. The van der Waals surface area contributed by atoms with Crippen LogP contribution in [0.25, 0.3) is 0 Å². The third-order valence-electron chi connectivity index (χ3n) is 5.18. The number of pyridine rings is 1. The van der Waals surface area contributed by atoms with Gasteiger partial charge in [0, 0.05) is 4.73 Å². The molecule has 1 heterocycles. The van der Waals surface area contributed by atoms with Crippen molar-refractivity contribution in [2.45, 2.75) is 33.2 Å². The highest BCUT2D eigenvalue weighted by molar-refractivity contribution is 5.38. The van der Waals surface area contributed by atoms with E-state index in [0.717, 1.165) is 27.4 Å². The number of aromatic nitrogens is 1. The summed E-state index contributed by atoms with van der Waals surface area (Å²) in [4.78, 5) is 5.11. The highest BCUT2D eigenvalue weighted by Gasteiger charge is 2.30. The zero-order valence-electron chi connectivity index (χ0n) is 19.4. The molecule has 0 spiro atoms. The van der Waals surface area contributed by atoms with Crippen LogP contribution in [0.1, 0.15) is 36.8 Å². The van der Waals surface area contributed by atoms with Crippen LogP contribution >= 0.6 is 0 Å². The molecule has 0 aliphatic heterocycles. The van der Waals surface area contributed by atoms with Crippen LogP contribution in [0, 0.1) is 5.92 Å². The minimum absolute atomic E-state index is 0.0221. The van der Waals surface area contributed by atoms with Crippen molar-refractivity contribution in [2.75, 3.05) is 14.2 Å². The summed E-state index contributed by atoms with van der Waals surface area (Å²) in [7, 11) is 3.24. The molecule has 8 nitrogen and oxygen atoms in total. The fraction of sp³-hybridized carbons (Fsp3) is 0.320. The number of hydrogen-bond acceptors (Lipinski definition) is 7. The van der Waals surface area contributed by atoms with E-state index in [1.807, 2.05) is 62.4 Å². The van der Waals surface area contributed by atoms with Crippen LogP contribution < -0.4 is 29.6 Å². The van der Waals surface area contributed by atoms with Gasteiger partial charge in [-0.2, -0.15) is 0 Å². The van der Waals surface area contributed by atoms with Gasteiger partial charge in [0.2, 0.25) is 5.75 Å². The Morgan fingerprint density at radius 2 is 1.30 bits per heavy atom. The van der Waals surface area contributed by atoms with Gasteiger partial charge in [0.25, 0.3) is 11.9 Å². The summed E-state index contributed by atoms with van der Waals surface area (Å²) in [6, 6.07) is 16.8. The van der Waals surface area contributed by atoms with Crippen LogP contribution in [0.15, 0.2) is 60.8 Å². The first-order chi connectivity index (χ1) is 15.9. The Hall–Kier alpha value is -3.49. The molecule has 3 N–H and O–H groups in total. The molecular formula is C25H31N2O6+. The van der Waals surface area contributed by atoms with Gasteiger partial charge in [-0.1, -0.05) is 38.1 Å². The van der Waals surface area contributed by atoms with Gasteiger partial charge in [0.15, 0.2) is 11.9 Å². The van der Waals surface area contributed by atoms with E-state index in [-0.39, 0.29) is 12.5 Å². The summed E-state index contributed by atoms with van der Waals surface area (Å²) in [5.74, 6) is 7.89. The van der Waals surface area contributed by atoms with Crippen molar-refractivity contribution in [2.24, 2.45) is 11.8 Å². The Balaban J connectivity index is 1.85. The maximum atomic E-state index is 10.6. The lowest BCUT2D eigenvalue weighted by atomic mass is 10.0. The second-order valence-electron chi connectivity index (χ2n) is 7.85. The van der Waals surface area contributed by atoms with Crippen molar-refractivity contribution in [3.05, 3.63) is 77.6 Å². The van der Waals surface area contributed by atoms with Crippen LogP contribution in [0.2, 0.25) is 0 Å². The molecule has 0 fully saturated rings. The molecule has 8 heteroatoms. The Kier molecular flexibility index (Phi) is 8.34. The molecule has 0 aliphatic rings. The summed E-state index contributed by atoms with van der Waals surface area (Å²) in [6.45, 7) is 4.48. The molecule has 0 amide bonds. The van der Waals surface area contributed by atoms with E-state index in [4.69, 9.17) is 29.7 Å². The topological polar surface area (TPSA) is 96.3 Å². The van der Waals surface area contributed by atoms with E-state index in [2.05, 4.69) is 0 Å². The maximum Gasteiger partial charge on any atom is 0.269 e. The monoisotopic (exact) mass is 455 g/mol. The number of nitrogens with two attached hydrogens (primary N) is 1. The van der Waals surface area contributed by atoms with Crippen molar-refractivity contribution in [1.29, 1.82) is 0 Å². The van der Waals surface area contributed by atoms with E-state index in [1.54, 1.807) is 20.3 Å². The first-order valence-corrected chi connectivity index (χ1v) is 10.6. The Morgan fingerprint density at radius 3 is 1.73 bits per heavy atom. The zero-order valence-corrected chi connectivity index (χ0v) is 19.4. The molecule has 0 aliphatic carbocycles. The Morgan fingerprint density at radius 1 is 0.818 bits per heavy atom. The molecule has 33 heavy (non-hydrogen) atoms. The van der Waals surface area contributed by atoms with Crippen molar-refractivity contribution < 1.29 is 33.7 Å². The zero-order chi connectivity index (χ0) is 23.8. The van der Waals surface area contributed by atoms with E-state index < -0.39 is 6.10 Å². The second-order valence-corrected chi connectivity index (χ2v) is 7.85. The summed E-state index contributed by atoms with van der Waals surface area (Å²) in [5.41, 5.74) is 2.35. The molecule has 2 aromatic carbocycles. The quantitative estimate of drug-likeness (QED) is 0.257. The van der Waals surface area contributed by atoms with Gasteiger partial charge in [0.1, 0.15) is 24.7 Å². The minimum Gasteiger partial charge on any atom is -0.497 e. The van der Waals surface area contributed by atoms with Crippen LogP contribution in [0.3, 0.4) is 0 Å². The average Bonchev–Trinajstić information content (AvgIpc) is 2.83. The van der Waals surface area contributed by atoms with E-state index >= 15 is 0 Å². The fourth-order valence-electron chi connectivity index (χ4n) is 3.29. The molecule has 1 aromatic heterocycles. The molecule has 1 unspecified atom stereocenters. The number of methoxy groups -OCH3 is 2. The lowest BCUT2D eigenvalue weighted by molar-refractivity contribution is -0.911. The molecule has 0 saturated carbocycles. The normalized spacial score (nSPS) is 11.8. The number of ether oxygens (including phenoxy) is 4. The summed E-state index contributed by atoms with van der Waals surface area (Å²) < 4.78 is 23.4. The predicted molar refractivity (Wildman–Crippen MR) is 121 cm³/mol. The molecule has 1 atom stereocenters. The second kappa shape index (κ2) is 11.4. The summed E-state index contributed by atoms with van der Waals surface area (Å²) >= 11 is 0. The summed E-state index contributed by atoms with van der Waals surface area (Å²) in [6.07, 6.45) is 0.922. The molecule has 0 radical (unpaired) electrons. The first kappa shape index (κ1) is 24.2. The lowest BCUT2D eigenvalue weighted by Gasteiger charge is -2.17. The van der Waals surface area contributed by atoms with Crippen molar-refractivity contribution in [3.8, 4) is 23.0 Å². The van der Waals surface area contributed by atoms with Crippen LogP contribution in [-0.2, 0) is 18.1 Å². The maximum absolute atomic E-state index is 10.6. The van der Waals surface area contributed by atoms with E-state index in [0.29, 0.717) is 23.8 Å².